The molecule has 4 bridgehead atoms. The molecule has 0 saturated heterocycles. The predicted molar refractivity (Wildman–Crippen MR) is 104 cm³/mol. The number of hydrogen-bond acceptors (Lipinski definition) is 3. The maximum atomic E-state index is 10.1. The maximum absolute atomic E-state index is 10.1. The van der Waals surface area contributed by atoms with Crippen LogP contribution < -0.4 is 0 Å². The summed E-state index contributed by atoms with van der Waals surface area (Å²) in [6.45, 7) is 4.04. The van der Waals surface area contributed by atoms with Crippen molar-refractivity contribution >= 4 is 8.53 Å². The molecule has 4 heteroatoms. The van der Waals surface area contributed by atoms with Crippen molar-refractivity contribution in [1.29, 1.82) is 0 Å². The summed E-state index contributed by atoms with van der Waals surface area (Å²) in [7, 11) is -2.17. The van der Waals surface area contributed by atoms with Crippen LogP contribution in [0.4, 0.5) is 0 Å². The molecule has 0 aromatic heterocycles. The van der Waals surface area contributed by atoms with Crippen LogP contribution >= 0.6 is 8.53 Å². The fourth-order valence-corrected chi connectivity index (χ4v) is 4.66. The molecular weight excluding hydrogens is 329 g/mol. The molecule has 0 atom stereocenters. The van der Waals surface area contributed by atoms with Crippen LogP contribution in [0.2, 0.25) is 0 Å². The molecule has 134 valence electrons. The van der Waals surface area contributed by atoms with Gasteiger partial charge in [-0.15, -0.1) is 0 Å². The van der Waals surface area contributed by atoms with Gasteiger partial charge in [0, 0.05) is 6.04 Å². The summed E-state index contributed by atoms with van der Waals surface area (Å²) < 4.78 is 1.83. The minimum atomic E-state index is -2.17. The molecule has 0 aliphatic heterocycles. The van der Waals surface area contributed by atoms with Crippen molar-refractivity contribution in [3.05, 3.63) is 70.8 Å². The van der Waals surface area contributed by atoms with E-state index in [1.54, 1.807) is 0 Å². The first-order valence-electron chi connectivity index (χ1n) is 9.20. The lowest BCUT2D eigenvalue weighted by atomic mass is 9.92. The zero-order valence-electron chi connectivity index (χ0n) is 15.1. The summed E-state index contributed by atoms with van der Waals surface area (Å²) in [6, 6.07) is 17.2. The van der Waals surface area contributed by atoms with Crippen LogP contribution in [0.15, 0.2) is 48.5 Å². The van der Waals surface area contributed by atoms with E-state index in [1.807, 2.05) is 18.5 Å². The SMILES string of the molecule is CC(C)N(C1c2cccc(c2)CCCCCc2cccc1c2)P(O)O. The topological polar surface area (TPSA) is 43.7 Å². The van der Waals surface area contributed by atoms with Gasteiger partial charge in [-0.3, -0.25) is 0 Å². The number of nitrogens with zero attached hydrogens (tertiary/aromatic N) is 1. The summed E-state index contributed by atoms with van der Waals surface area (Å²) in [6.07, 6.45) is 5.82. The highest BCUT2D eigenvalue weighted by Crippen LogP contribution is 2.44. The van der Waals surface area contributed by atoms with Gasteiger partial charge in [-0.05, 0) is 61.8 Å². The zero-order chi connectivity index (χ0) is 17.8. The highest BCUT2D eigenvalue weighted by molar-refractivity contribution is 7.42. The second kappa shape index (κ2) is 8.42. The van der Waals surface area contributed by atoms with Crippen molar-refractivity contribution in [2.45, 2.75) is 58.0 Å². The van der Waals surface area contributed by atoms with Crippen LogP contribution in [0.25, 0.3) is 0 Å². The fraction of sp³-hybridized carbons (Fsp3) is 0.429. The molecule has 1 aliphatic carbocycles. The first-order chi connectivity index (χ1) is 12.1. The van der Waals surface area contributed by atoms with Gasteiger partial charge in [0.25, 0.3) is 8.53 Å². The summed E-state index contributed by atoms with van der Waals surface area (Å²) in [5, 5.41) is 0. The second-order valence-electron chi connectivity index (χ2n) is 7.20. The van der Waals surface area contributed by atoms with E-state index < -0.39 is 8.53 Å². The number of aryl methyl sites for hydroxylation is 2. The highest BCUT2D eigenvalue weighted by Gasteiger charge is 2.30. The monoisotopic (exact) mass is 357 g/mol. The van der Waals surface area contributed by atoms with Gasteiger partial charge >= 0.3 is 0 Å². The molecule has 0 unspecified atom stereocenters. The predicted octanol–water partition coefficient (Wildman–Crippen LogP) is 4.97. The highest BCUT2D eigenvalue weighted by atomic mass is 31.2. The van der Waals surface area contributed by atoms with Crippen LogP contribution in [-0.4, -0.2) is 20.5 Å². The Bertz CT molecular complexity index is 644. The second-order valence-corrected chi connectivity index (χ2v) is 8.19. The van der Waals surface area contributed by atoms with Gasteiger partial charge in [-0.25, -0.2) is 4.67 Å². The van der Waals surface area contributed by atoms with Crippen molar-refractivity contribution in [2.24, 2.45) is 0 Å². The molecule has 3 rings (SSSR count). The molecular formula is C21H28NO2P. The first kappa shape index (κ1) is 18.5. The van der Waals surface area contributed by atoms with E-state index >= 15 is 0 Å². The lowest BCUT2D eigenvalue weighted by molar-refractivity contribution is 0.262. The van der Waals surface area contributed by atoms with Crippen LogP contribution in [0, 0.1) is 0 Å². The van der Waals surface area contributed by atoms with E-state index in [0.717, 1.165) is 24.0 Å². The van der Waals surface area contributed by atoms with Gasteiger partial charge in [0.2, 0.25) is 0 Å². The third kappa shape index (κ3) is 4.48. The first-order valence-corrected chi connectivity index (χ1v) is 10.4. The van der Waals surface area contributed by atoms with Crippen molar-refractivity contribution in [3.63, 3.8) is 0 Å². The summed E-state index contributed by atoms with van der Waals surface area (Å²) >= 11 is 0. The molecule has 3 nitrogen and oxygen atoms in total. The molecule has 1 aliphatic rings. The molecule has 0 fully saturated rings. The van der Waals surface area contributed by atoms with Crippen molar-refractivity contribution in [1.82, 2.24) is 4.67 Å². The van der Waals surface area contributed by atoms with E-state index in [2.05, 4.69) is 48.5 Å². The Morgan fingerprint density at radius 1 is 0.880 bits per heavy atom. The van der Waals surface area contributed by atoms with E-state index in [9.17, 15) is 9.79 Å². The van der Waals surface area contributed by atoms with Crippen LogP contribution in [-0.2, 0) is 12.8 Å². The maximum Gasteiger partial charge on any atom is 0.254 e. The number of fused-ring (bicyclic) bond motifs is 4. The molecule has 2 N–H and O–H groups in total. The largest absolute Gasteiger partial charge is 0.338 e. The van der Waals surface area contributed by atoms with E-state index in [-0.39, 0.29) is 12.1 Å². The average molecular weight is 357 g/mol. The van der Waals surface area contributed by atoms with Crippen LogP contribution in [0.1, 0.15) is 61.4 Å². The minimum Gasteiger partial charge on any atom is -0.338 e. The molecule has 0 radical (unpaired) electrons. The summed E-state index contributed by atoms with van der Waals surface area (Å²) in [4.78, 5) is 20.3. The minimum absolute atomic E-state index is 0.0336. The third-order valence-electron chi connectivity index (χ3n) is 4.96. The third-order valence-corrected chi connectivity index (χ3v) is 6.07. The molecule has 0 spiro atoms. The molecule has 25 heavy (non-hydrogen) atoms. The smallest absolute Gasteiger partial charge is 0.254 e. The zero-order valence-corrected chi connectivity index (χ0v) is 16.0. The summed E-state index contributed by atoms with van der Waals surface area (Å²) in [5.41, 5.74) is 4.95. The van der Waals surface area contributed by atoms with Gasteiger partial charge in [-0.2, -0.15) is 0 Å². The summed E-state index contributed by atoms with van der Waals surface area (Å²) in [5.74, 6) is 0. The van der Waals surface area contributed by atoms with E-state index in [4.69, 9.17) is 0 Å². The Balaban J connectivity index is 2.14. The van der Waals surface area contributed by atoms with Crippen molar-refractivity contribution in [2.75, 3.05) is 0 Å². The fourth-order valence-electron chi connectivity index (χ4n) is 3.78. The standard InChI is InChI=1S/C21H28NO2P/c1-16(2)22(25(23)24)21-19-12-6-10-17(14-19)8-4-3-5-9-18-11-7-13-20(21)15-18/h6-7,10-16,21,23-24H,3-5,8-9H2,1-2H3. The van der Waals surface area contributed by atoms with Gasteiger partial charge in [0.1, 0.15) is 0 Å². The normalized spacial score (nSPS) is 16.1. The molecule has 0 heterocycles. The Labute approximate surface area is 152 Å². The van der Waals surface area contributed by atoms with Crippen LogP contribution in [0.5, 0.6) is 0 Å². The molecule has 2 aromatic rings. The lowest BCUT2D eigenvalue weighted by Crippen LogP contribution is -2.31. The number of rotatable bonds is 3. The van der Waals surface area contributed by atoms with E-state index in [1.165, 1.54) is 30.4 Å². The van der Waals surface area contributed by atoms with Gasteiger partial charge in [0.05, 0.1) is 6.04 Å². The Hall–Kier alpha value is -1.25. The lowest BCUT2D eigenvalue weighted by Gasteiger charge is -2.36. The van der Waals surface area contributed by atoms with Crippen molar-refractivity contribution in [3.8, 4) is 0 Å². The van der Waals surface area contributed by atoms with Crippen molar-refractivity contribution < 1.29 is 9.79 Å². The van der Waals surface area contributed by atoms with Gasteiger partial charge in [-0.1, -0.05) is 55.0 Å². The molecule has 0 amide bonds. The Morgan fingerprint density at radius 2 is 1.40 bits per heavy atom. The quantitative estimate of drug-likeness (QED) is 0.763. The number of benzene rings is 2. The van der Waals surface area contributed by atoms with E-state index in [0.29, 0.717) is 0 Å². The Morgan fingerprint density at radius 3 is 1.84 bits per heavy atom. The molecule has 2 aromatic carbocycles. The van der Waals surface area contributed by atoms with Crippen LogP contribution in [0.3, 0.4) is 0 Å². The van der Waals surface area contributed by atoms with Gasteiger partial charge < -0.3 is 9.79 Å². The van der Waals surface area contributed by atoms with Gasteiger partial charge in [0.15, 0.2) is 0 Å². The number of hydrogen-bond donors (Lipinski definition) is 2. The Kier molecular flexibility index (Phi) is 6.24. The molecule has 0 saturated carbocycles. The average Bonchev–Trinajstić information content (AvgIpc) is 2.58.